The van der Waals surface area contributed by atoms with Gasteiger partial charge in [0.1, 0.15) is 0 Å². The highest BCUT2D eigenvalue weighted by atomic mass is 16.2. The molecule has 0 radical (unpaired) electrons. The first-order valence-corrected chi connectivity index (χ1v) is 4.47. The van der Waals surface area contributed by atoms with E-state index in [-0.39, 0.29) is 0 Å². The Morgan fingerprint density at radius 2 is 2.09 bits per heavy atom. The van der Waals surface area contributed by atoms with Gasteiger partial charge >= 0.3 is 0 Å². The lowest BCUT2D eigenvalue weighted by molar-refractivity contribution is -0.132. The summed E-state index contributed by atoms with van der Waals surface area (Å²) in [5.74, 6) is 0.317. The number of carbonyl (C=O) groups is 1. The fourth-order valence-corrected chi connectivity index (χ4v) is 1.51. The summed E-state index contributed by atoms with van der Waals surface area (Å²) in [7, 11) is 1.92. The molecule has 0 N–H and O–H groups in total. The summed E-state index contributed by atoms with van der Waals surface area (Å²) in [5.41, 5.74) is 0. The summed E-state index contributed by atoms with van der Waals surface area (Å²) < 4.78 is 0. The number of likely N-dealkylation sites (tertiary alicyclic amines) is 1. The number of hydrogen-bond donors (Lipinski definition) is 0. The first-order valence-electron chi connectivity index (χ1n) is 4.47. The fourth-order valence-electron chi connectivity index (χ4n) is 1.51. The molecule has 0 aromatic rings. The van der Waals surface area contributed by atoms with Gasteiger partial charge in [0.05, 0.1) is 0 Å². The molecule has 1 amide bonds. The molecule has 1 saturated heterocycles. The van der Waals surface area contributed by atoms with Crippen LogP contribution in [0.4, 0.5) is 0 Å². The molecule has 0 aromatic carbocycles. The number of rotatable bonds is 0. The summed E-state index contributed by atoms with van der Waals surface area (Å²) in [6.45, 7) is 2.13. The zero-order valence-electron chi connectivity index (χ0n) is 7.47. The van der Waals surface area contributed by atoms with Crippen molar-refractivity contribution in [2.24, 2.45) is 0 Å². The third kappa shape index (κ3) is 2.21. The number of amides is 1. The lowest BCUT2D eigenvalue weighted by Crippen LogP contribution is -2.35. The molecule has 0 bridgehead atoms. The van der Waals surface area contributed by atoms with Gasteiger partial charge in [-0.25, -0.2) is 0 Å². The molecule has 1 atom stereocenters. The van der Waals surface area contributed by atoms with Crippen LogP contribution in [-0.2, 0) is 4.79 Å². The standard InChI is InChI=1S/C9H17NO/c1-8-6-4-3-5-7-9(11)10(8)2/h8H,3-7H2,1-2H3. The summed E-state index contributed by atoms with van der Waals surface area (Å²) in [5, 5.41) is 0. The Kier molecular flexibility index (Phi) is 2.92. The van der Waals surface area contributed by atoms with Crippen LogP contribution in [-0.4, -0.2) is 23.9 Å². The number of carbonyl (C=O) groups excluding carboxylic acids is 1. The second-order valence-corrected chi connectivity index (χ2v) is 3.45. The van der Waals surface area contributed by atoms with Crippen molar-refractivity contribution in [3.8, 4) is 0 Å². The van der Waals surface area contributed by atoms with Crippen LogP contribution in [0.2, 0.25) is 0 Å². The van der Waals surface area contributed by atoms with Crippen molar-refractivity contribution in [3.05, 3.63) is 0 Å². The maximum absolute atomic E-state index is 11.3. The fraction of sp³-hybridized carbons (Fsp3) is 0.889. The van der Waals surface area contributed by atoms with Crippen molar-refractivity contribution >= 4 is 5.91 Å². The van der Waals surface area contributed by atoms with E-state index in [2.05, 4.69) is 6.92 Å². The van der Waals surface area contributed by atoms with Gasteiger partial charge in [-0.05, 0) is 19.8 Å². The van der Waals surface area contributed by atoms with Crippen molar-refractivity contribution in [2.45, 2.75) is 45.1 Å². The Morgan fingerprint density at radius 1 is 1.36 bits per heavy atom. The van der Waals surface area contributed by atoms with Crippen LogP contribution in [0.5, 0.6) is 0 Å². The van der Waals surface area contributed by atoms with Crippen LogP contribution in [0.25, 0.3) is 0 Å². The Bertz CT molecular complexity index is 144. The minimum atomic E-state index is 0.317. The Hall–Kier alpha value is -0.530. The van der Waals surface area contributed by atoms with Gasteiger partial charge in [0.2, 0.25) is 5.91 Å². The van der Waals surface area contributed by atoms with Crippen molar-refractivity contribution < 1.29 is 4.79 Å². The molecular formula is C9H17NO. The lowest BCUT2D eigenvalue weighted by atomic mass is 10.0. The van der Waals surface area contributed by atoms with Crippen LogP contribution in [0.15, 0.2) is 0 Å². The summed E-state index contributed by atoms with van der Waals surface area (Å²) in [4.78, 5) is 13.2. The van der Waals surface area contributed by atoms with E-state index in [9.17, 15) is 4.79 Å². The van der Waals surface area contributed by atoms with E-state index in [1.54, 1.807) is 0 Å². The van der Waals surface area contributed by atoms with E-state index >= 15 is 0 Å². The molecule has 1 fully saturated rings. The van der Waals surface area contributed by atoms with Crippen LogP contribution < -0.4 is 0 Å². The largest absolute Gasteiger partial charge is 0.343 e. The quantitative estimate of drug-likeness (QED) is 0.522. The zero-order valence-corrected chi connectivity index (χ0v) is 7.47. The molecule has 0 saturated carbocycles. The number of hydrogen-bond acceptors (Lipinski definition) is 1. The Balaban J connectivity index is 2.49. The van der Waals surface area contributed by atoms with E-state index in [1.165, 1.54) is 19.3 Å². The minimum Gasteiger partial charge on any atom is -0.343 e. The highest BCUT2D eigenvalue weighted by Crippen LogP contribution is 2.15. The summed E-state index contributed by atoms with van der Waals surface area (Å²) in [6.07, 6.45) is 5.50. The lowest BCUT2D eigenvalue weighted by Gasteiger charge is -2.27. The van der Waals surface area contributed by atoms with Gasteiger partial charge < -0.3 is 4.90 Å². The second kappa shape index (κ2) is 3.74. The molecule has 1 rings (SSSR count). The van der Waals surface area contributed by atoms with E-state index in [1.807, 2.05) is 11.9 Å². The van der Waals surface area contributed by atoms with Crippen molar-refractivity contribution in [2.75, 3.05) is 7.05 Å². The monoisotopic (exact) mass is 155 g/mol. The van der Waals surface area contributed by atoms with Gasteiger partial charge in [0.15, 0.2) is 0 Å². The van der Waals surface area contributed by atoms with Gasteiger partial charge in [0, 0.05) is 19.5 Å². The predicted molar refractivity (Wildman–Crippen MR) is 45.3 cm³/mol. The average Bonchev–Trinajstić information content (AvgIpc) is 2.00. The molecule has 0 spiro atoms. The molecule has 11 heavy (non-hydrogen) atoms. The normalized spacial score (nSPS) is 28.0. The van der Waals surface area contributed by atoms with Gasteiger partial charge in [-0.1, -0.05) is 12.8 Å². The predicted octanol–water partition coefficient (Wildman–Crippen LogP) is 1.80. The first-order chi connectivity index (χ1) is 5.22. The van der Waals surface area contributed by atoms with E-state index in [4.69, 9.17) is 0 Å². The molecular weight excluding hydrogens is 138 g/mol. The summed E-state index contributed by atoms with van der Waals surface area (Å²) in [6, 6.07) is 0.447. The van der Waals surface area contributed by atoms with Gasteiger partial charge in [-0.3, -0.25) is 4.79 Å². The smallest absolute Gasteiger partial charge is 0.222 e. The van der Waals surface area contributed by atoms with Crippen LogP contribution in [0.1, 0.15) is 39.0 Å². The van der Waals surface area contributed by atoms with E-state index in [0.717, 1.165) is 12.8 Å². The highest BCUT2D eigenvalue weighted by Gasteiger charge is 2.16. The molecule has 1 heterocycles. The second-order valence-electron chi connectivity index (χ2n) is 3.45. The third-order valence-electron chi connectivity index (χ3n) is 2.57. The first kappa shape index (κ1) is 8.57. The molecule has 1 aliphatic rings. The maximum Gasteiger partial charge on any atom is 0.222 e. The minimum absolute atomic E-state index is 0.317. The van der Waals surface area contributed by atoms with Gasteiger partial charge in [-0.2, -0.15) is 0 Å². The molecule has 2 nitrogen and oxygen atoms in total. The van der Waals surface area contributed by atoms with Crippen molar-refractivity contribution in [1.29, 1.82) is 0 Å². The molecule has 0 aromatic heterocycles. The molecule has 1 aliphatic heterocycles. The SMILES string of the molecule is CC1CCCCCC(=O)N1C. The van der Waals surface area contributed by atoms with Gasteiger partial charge in [-0.15, -0.1) is 0 Å². The molecule has 1 unspecified atom stereocenters. The summed E-state index contributed by atoms with van der Waals surface area (Å²) >= 11 is 0. The molecule has 64 valence electrons. The van der Waals surface area contributed by atoms with Crippen LogP contribution in [0.3, 0.4) is 0 Å². The Morgan fingerprint density at radius 3 is 2.82 bits per heavy atom. The number of nitrogens with zero attached hydrogens (tertiary/aromatic N) is 1. The zero-order chi connectivity index (χ0) is 8.27. The van der Waals surface area contributed by atoms with Gasteiger partial charge in [0.25, 0.3) is 0 Å². The Labute approximate surface area is 68.6 Å². The maximum atomic E-state index is 11.3. The van der Waals surface area contributed by atoms with E-state index in [0.29, 0.717) is 11.9 Å². The average molecular weight is 155 g/mol. The highest BCUT2D eigenvalue weighted by molar-refractivity contribution is 5.76. The topological polar surface area (TPSA) is 20.3 Å². The van der Waals surface area contributed by atoms with Crippen molar-refractivity contribution in [3.63, 3.8) is 0 Å². The molecule has 2 heteroatoms. The van der Waals surface area contributed by atoms with Crippen LogP contribution in [0, 0.1) is 0 Å². The van der Waals surface area contributed by atoms with Crippen molar-refractivity contribution in [1.82, 2.24) is 4.90 Å². The molecule has 0 aliphatic carbocycles. The van der Waals surface area contributed by atoms with Crippen LogP contribution >= 0.6 is 0 Å². The third-order valence-corrected chi connectivity index (χ3v) is 2.57. The van der Waals surface area contributed by atoms with E-state index < -0.39 is 0 Å².